The van der Waals surface area contributed by atoms with Gasteiger partial charge in [0.2, 0.25) is 5.91 Å². The third kappa shape index (κ3) is 4.70. The first kappa shape index (κ1) is 19.2. The molecule has 6 nitrogen and oxygen atoms in total. The number of halogens is 1. The number of carbonyl (C=O) groups is 1. The van der Waals surface area contributed by atoms with Crippen molar-refractivity contribution in [3.63, 3.8) is 0 Å². The first-order valence-electron chi connectivity index (χ1n) is 9.09. The molecule has 7 heteroatoms. The van der Waals surface area contributed by atoms with Gasteiger partial charge in [0, 0.05) is 37.4 Å². The molecular formula is C17H30ClN5O. The first-order valence-corrected chi connectivity index (χ1v) is 9.09. The van der Waals surface area contributed by atoms with Gasteiger partial charge in [-0.05, 0) is 32.6 Å². The van der Waals surface area contributed by atoms with Crippen molar-refractivity contribution in [1.82, 2.24) is 20.1 Å². The van der Waals surface area contributed by atoms with E-state index in [0.717, 1.165) is 37.6 Å². The fraction of sp³-hybridized carbons (Fsp3) is 0.824. The van der Waals surface area contributed by atoms with Crippen LogP contribution in [0.3, 0.4) is 0 Å². The third-order valence-corrected chi connectivity index (χ3v) is 5.15. The Morgan fingerprint density at radius 3 is 2.67 bits per heavy atom. The molecule has 24 heavy (non-hydrogen) atoms. The quantitative estimate of drug-likeness (QED) is 0.869. The van der Waals surface area contributed by atoms with Crippen LogP contribution in [0.25, 0.3) is 0 Å². The Balaban J connectivity index is 0.00000208. The van der Waals surface area contributed by atoms with Crippen molar-refractivity contribution in [2.75, 3.05) is 13.1 Å². The number of nitrogens with one attached hydrogen (secondary N) is 1. The molecule has 2 aliphatic rings. The largest absolute Gasteiger partial charge is 0.342 e. The monoisotopic (exact) mass is 355 g/mol. The van der Waals surface area contributed by atoms with Crippen LogP contribution in [-0.4, -0.2) is 45.1 Å². The molecule has 0 aromatic carbocycles. The molecule has 2 atom stereocenters. The van der Waals surface area contributed by atoms with E-state index in [-0.39, 0.29) is 30.3 Å². The van der Waals surface area contributed by atoms with Crippen LogP contribution in [0.5, 0.6) is 0 Å². The van der Waals surface area contributed by atoms with Gasteiger partial charge in [-0.25, -0.2) is 4.98 Å². The molecule has 1 saturated heterocycles. The molecule has 1 aliphatic carbocycles. The van der Waals surface area contributed by atoms with E-state index in [2.05, 4.69) is 10.2 Å². The molecule has 2 heterocycles. The van der Waals surface area contributed by atoms with E-state index in [1.807, 2.05) is 11.8 Å². The summed E-state index contributed by atoms with van der Waals surface area (Å²) in [5.41, 5.74) is 5.75. The van der Waals surface area contributed by atoms with E-state index in [4.69, 9.17) is 10.7 Å². The van der Waals surface area contributed by atoms with Crippen LogP contribution in [0.4, 0.5) is 0 Å². The number of carbonyl (C=O) groups excluding carboxylic acids is 1. The average molecular weight is 356 g/mol. The summed E-state index contributed by atoms with van der Waals surface area (Å²) in [6.45, 7) is 3.44. The minimum atomic E-state index is -0.0794. The number of likely N-dealkylation sites (tertiary alicyclic amines) is 1. The molecule has 136 valence electrons. The van der Waals surface area contributed by atoms with Crippen molar-refractivity contribution in [2.45, 2.75) is 76.2 Å². The molecule has 2 unspecified atom stereocenters. The van der Waals surface area contributed by atoms with Gasteiger partial charge in [-0.2, -0.15) is 5.10 Å². The van der Waals surface area contributed by atoms with Crippen molar-refractivity contribution < 1.29 is 4.79 Å². The Morgan fingerprint density at radius 2 is 1.96 bits per heavy atom. The summed E-state index contributed by atoms with van der Waals surface area (Å²) in [5, 5.41) is 7.64. The standard InChI is InChI=1S/C17H29N5O.ClH/c1-12(18)10-15(23)22-9-5-8-14(11-22)17-19-16(20-21-17)13-6-3-2-4-7-13;/h12-14H,2-11,18H2,1H3,(H,19,20,21);1H. The molecule has 1 aromatic rings. The highest BCUT2D eigenvalue weighted by atomic mass is 35.5. The van der Waals surface area contributed by atoms with Crippen LogP contribution in [0, 0.1) is 0 Å². The van der Waals surface area contributed by atoms with Gasteiger partial charge in [0.05, 0.1) is 0 Å². The predicted molar refractivity (Wildman–Crippen MR) is 96.3 cm³/mol. The van der Waals surface area contributed by atoms with Crippen molar-refractivity contribution in [2.24, 2.45) is 5.73 Å². The zero-order valence-corrected chi connectivity index (χ0v) is 15.4. The Hall–Kier alpha value is -1.14. The van der Waals surface area contributed by atoms with Gasteiger partial charge in [-0.1, -0.05) is 19.3 Å². The van der Waals surface area contributed by atoms with Crippen LogP contribution < -0.4 is 5.73 Å². The van der Waals surface area contributed by atoms with E-state index in [9.17, 15) is 4.79 Å². The van der Waals surface area contributed by atoms with Crippen molar-refractivity contribution in [3.05, 3.63) is 11.6 Å². The Bertz CT molecular complexity index is 527. The van der Waals surface area contributed by atoms with Gasteiger partial charge in [-0.3, -0.25) is 9.89 Å². The summed E-state index contributed by atoms with van der Waals surface area (Å²) in [7, 11) is 0. The van der Waals surface area contributed by atoms with Gasteiger partial charge in [0.15, 0.2) is 5.82 Å². The molecule has 1 aliphatic heterocycles. The highest BCUT2D eigenvalue weighted by Crippen LogP contribution is 2.32. The van der Waals surface area contributed by atoms with Crippen LogP contribution in [0.1, 0.15) is 81.8 Å². The van der Waals surface area contributed by atoms with Crippen molar-refractivity contribution in [3.8, 4) is 0 Å². The zero-order valence-electron chi connectivity index (χ0n) is 14.5. The second kappa shape index (κ2) is 8.81. The lowest BCUT2D eigenvalue weighted by Gasteiger charge is -2.32. The molecule has 0 radical (unpaired) electrons. The molecule has 2 fully saturated rings. The predicted octanol–water partition coefficient (Wildman–Crippen LogP) is 2.72. The average Bonchev–Trinajstić information content (AvgIpc) is 3.05. The number of piperidine rings is 1. The van der Waals surface area contributed by atoms with Gasteiger partial charge < -0.3 is 10.6 Å². The summed E-state index contributed by atoms with van der Waals surface area (Å²) < 4.78 is 0. The molecule has 1 amide bonds. The topological polar surface area (TPSA) is 87.9 Å². The first-order chi connectivity index (χ1) is 11.1. The number of nitrogens with two attached hydrogens (primary N) is 1. The summed E-state index contributed by atoms with van der Waals surface area (Å²) in [5.74, 6) is 2.91. The molecule has 1 aromatic heterocycles. The Kier molecular flexibility index (Phi) is 7.04. The molecule has 0 bridgehead atoms. The van der Waals surface area contributed by atoms with E-state index >= 15 is 0 Å². The number of aromatic nitrogens is 3. The van der Waals surface area contributed by atoms with E-state index < -0.39 is 0 Å². The van der Waals surface area contributed by atoms with Gasteiger partial charge in [0.25, 0.3) is 0 Å². The SMILES string of the molecule is CC(N)CC(=O)N1CCCC(c2n[nH]c(C3CCCCC3)n2)C1.Cl. The van der Waals surface area contributed by atoms with Crippen LogP contribution in [0.15, 0.2) is 0 Å². The fourth-order valence-electron chi connectivity index (χ4n) is 3.85. The number of rotatable bonds is 4. The number of hydrogen-bond acceptors (Lipinski definition) is 4. The summed E-state index contributed by atoms with van der Waals surface area (Å²) in [4.78, 5) is 19.0. The van der Waals surface area contributed by atoms with E-state index in [0.29, 0.717) is 12.3 Å². The van der Waals surface area contributed by atoms with Crippen molar-refractivity contribution in [1.29, 1.82) is 0 Å². The van der Waals surface area contributed by atoms with Crippen LogP contribution in [0.2, 0.25) is 0 Å². The zero-order chi connectivity index (χ0) is 16.2. The normalized spacial score (nSPS) is 23.6. The maximum absolute atomic E-state index is 12.2. The van der Waals surface area contributed by atoms with E-state index in [1.165, 1.54) is 32.1 Å². The highest BCUT2D eigenvalue weighted by Gasteiger charge is 2.28. The van der Waals surface area contributed by atoms with Gasteiger partial charge >= 0.3 is 0 Å². The lowest BCUT2D eigenvalue weighted by Crippen LogP contribution is -2.41. The van der Waals surface area contributed by atoms with E-state index in [1.54, 1.807) is 0 Å². The number of hydrogen-bond donors (Lipinski definition) is 2. The van der Waals surface area contributed by atoms with Gasteiger partial charge in [-0.15, -0.1) is 12.4 Å². The smallest absolute Gasteiger partial charge is 0.224 e. The molecule has 0 spiro atoms. The number of aromatic amines is 1. The highest BCUT2D eigenvalue weighted by molar-refractivity contribution is 5.85. The maximum atomic E-state index is 12.2. The minimum Gasteiger partial charge on any atom is -0.342 e. The van der Waals surface area contributed by atoms with Gasteiger partial charge in [0.1, 0.15) is 5.82 Å². The number of H-pyrrole nitrogens is 1. The van der Waals surface area contributed by atoms with Crippen molar-refractivity contribution >= 4 is 18.3 Å². The van der Waals surface area contributed by atoms with Crippen LogP contribution in [-0.2, 0) is 4.79 Å². The summed E-state index contributed by atoms with van der Waals surface area (Å²) in [6, 6.07) is -0.0794. The third-order valence-electron chi connectivity index (χ3n) is 5.15. The van der Waals surface area contributed by atoms with Crippen LogP contribution >= 0.6 is 12.4 Å². The second-order valence-corrected chi connectivity index (χ2v) is 7.27. The molecule has 3 N–H and O–H groups in total. The number of nitrogens with zero attached hydrogens (tertiary/aromatic N) is 3. The molecule has 1 saturated carbocycles. The Morgan fingerprint density at radius 1 is 1.25 bits per heavy atom. The lowest BCUT2D eigenvalue weighted by molar-refractivity contribution is -0.132. The second-order valence-electron chi connectivity index (χ2n) is 7.27. The fourth-order valence-corrected chi connectivity index (χ4v) is 3.85. The number of amides is 1. The summed E-state index contributed by atoms with van der Waals surface area (Å²) in [6.07, 6.45) is 8.88. The molecular weight excluding hydrogens is 326 g/mol. The minimum absolute atomic E-state index is 0. The summed E-state index contributed by atoms with van der Waals surface area (Å²) >= 11 is 0. The molecule has 3 rings (SSSR count). The lowest BCUT2D eigenvalue weighted by atomic mass is 9.89. The maximum Gasteiger partial charge on any atom is 0.224 e. The Labute approximate surface area is 150 Å².